The maximum absolute atomic E-state index is 13.0. The van der Waals surface area contributed by atoms with Crippen LogP contribution in [0.25, 0.3) is 22.4 Å². The van der Waals surface area contributed by atoms with Gasteiger partial charge in [-0.1, -0.05) is 12.1 Å². The van der Waals surface area contributed by atoms with Gasteiger partial charge in [0.05, 0.1) is 12.6 Å². The lowest BCUT2D eigenvalue weighted by atomic mass is 10.1. The molecule has 4 rings (SSSR count). The number of fused-ring (bicyclic) bond motifs is 1. The van der Waals surface area contributed by atoms with Gasteiger partial charge in [-0.3, -0.25) is 0 Å². The molecule has 0 bridgehead atoms. The Morgan fingerprint density at radius 2 is 1.94 bits per heavy atom. The minimum Gasteiger partial charge on any atom is -0.496 e. The number of aromatic nitrogens is 5. The fourth-order valence-electron chi connectivity index (χ4n) is 3.03. The summed E-state index contributed by atoms with van der Waals surface area (Å²) in [5, 5.41) is 0.0214. The van der Waals surface area contributed by atoms with Gasteiger partial charge in [-0.2, -0.15) is 18.2 Å². The van der Waals surface area contributed by atoms with Crippen molar-refractivity contribution in [2.75, 3.05) is 7.11 Å². The van der Waals surface area contributed by atoms with Gasteiger partial charge < -0.3 is 14.0 Å². The zero-order valence-corrected chi connectivity index (χ0v) is 17.1. The Bertz CT molecular complexity index is 1260. The van der Waals surface area contributed by atoms with E-state index in [0.29, 0.717) is 27.9 Å². The Morgan fingerprint density at radius 3 is 2.65 bits per heavy atom. The monoisotopic (exact) mass is 449 g/mol. The van der Waals surface area contributed by atoms with E-state index < -0.39 is 11.9 Å². The summed E-state index contributed by atoms with van der Waals surface area (Å²) < 4.78 is 51.4. The summed E-state index contributed by atoms with van der Waals surface area (Å²) in [5.74, 6) is 0.794. The minimum atomic E-state index is -4.52. The number of pyridine rings is 1. The van der Waals surface area contributed by atoms with E-state index in [4.69, 9.17) is 21.1 Å². The van der Waals surface area contributed by atoms with Crippen LogP contribution in [0.4, 0.5) is 13.2 Å². The second-order valence-corrected chi connectivity index (χ2v) is 6.88. The lowest BCUT2D eigenvalue weighted by Crippen LogP contribution is -2.05. The zero-order chi connectivity index (χ0) is 22.2. The maximum Gasteiger partial charge on any atom is 0.434 e. The van der Waals surface area contributed by atoms with Crippen LogP contribution in [0.1, 0.15) is 11.3 Å². The number of hydrogen-bond donors (Lipinski definition) is 0. The van der Waals surface area contributed by atoms with E-state index in [1.807, 2.05) is 0 Å². The Balaban J connectivity index is 1.62. The molecule has 0 fully saturated rings. The highest BCUT2D eigenvalue weighted by Gasteiger charge is 2.34. The summed E-state index contributed by atoms with van der Waals surface area (Å²) in [4.78, 5) is 16.1. The topological polar surface area (TPSA) is 75.0 Å². The van der Waals surface area contributed by atoms with Gasteiger partial charge in [-0.15, -0.1) is 0 Å². The Labute approximate surface area is 179 Å². The molecule has 11 heteroatoms. The highest BCUT2D eigenvalue weighted by molar-refractivity contribution is 6.28. The van der Waals surface area contributed by atoms with Crippen LogP contribution in [-0.4, -0.2) is 31.6 Å². The van der Waals surface area contributed by atoms with Crippen molar-refractivity contribution in [3.05, 3.63) is 59.3 Å². The third-order valence-electron chi connectivity index (χ3n) is 4.47. The molecule has 0 aliphatic rings. The van der Waals surface area contributed by atoms with Crippen molar-refractivity contribution in [3.8, 4) is 23.0 Å². The second-order valence-electron chi connectivity index (χ2n) is 6.54. The number of imidazole rings is 1. The summed E-state index contributed by atoms with van der Waals surface area (Å²) in [7, 11) is 2.96. The first-order valence-corrected chi connectivity index (χ1v) is 9.33. The molecule has 7 nitrogen and oxygen atoms in total. The molecular formula is C20H15ClF3N5O2. The van der Waals surface area contributed by atoms with Gasteiger partial charge in [0.25, 0.3) is 0 Å². The third kappa shape index (κ3) is 4.24. The summed E-state index contributed by atoms with van der Waals surface area (Å²) in [6, 6.07) is 8.39. The van der Waals surface area contributed by atoms with Crippen LogP contribution in [0.5, 0.6) is 11.6 Å². The van der Waals surface area contributed by atoms with E-state index in [-0.39, 0.29) is 23.6 Å². The smallest absolute Gasteiger partial charge is 0.434 e. The van der Waals surface area contributed by atoms with Gasteiger partial charge in [0.2, 0.25) is 11.2 Å². The van der Waals surface area contributed by atoms with E-state index in [1.54, 1.807) is 36.5 Å². The van der Waals surface area contributed by atoms with Crippen LogP contribution in [0.2, 0.25) is 5.28 Å². The number of alkyl halides is 3. The predicted molar refractivity (Wildman–Crippen MR) is 107 cm³/mol. The highest BCUT2D eigenvalue weighted by Crippen LogP contribution is 2.33. The minimum absolute atomic E-state index is 0.0214. The second kappa shape index (κ2) is 8.03. The van der Waals surface area contributed by atoms with Gasteiger partial charge in [-0.05, 0) is 29.8 Å². The van der Waals surface area contributed by atoms with E-state index in [1.165, 1.54) is 18.7 Å². The first-order chi connectivity index (χ1) is 14.8. The average molecular weight is 450 g/mol. The number of hydrogen-bond acceptors (Lipinski definition) is 6. The molecule has 3 heterocycles. The van der Waals surface area contributed by atoms with E-state index in [0.717, 1.165) is 6.20 Å². The Hall–Kier alpha value is -3.40. The predicted octanol–water partition coefficient (Wildman–Crippen LogP) is 4.69. The van der Waals surface area contributed by atoms with Gasteiger partial charge in [0, 0.05) is 30.6 Å². The summed E-state index contributed by atoms with van der Waals surface area (Å²) in [6.45, 7) is 0.0663. The quantitative estimate of drug-likeness (QED) is 0.412. The van der Waals surface area contributed by atoms with Crippen molar-refractivity contribution in [3.63, 3.8) is 0 Å². The first-order valence-electron chi connectivity index (χ1n) is 8.95. The average Bonchev–Trinajstić information content (AvgIpc) is 3.14. The fourth-order valence-corrected chi connectivity index (χ4v) is 3.20. The maximum atomic E-state index is 13.0. The number of ether oxygens (including phenoxy) is 2. The Morgan fingerprint density at radius 1 is 1.13 bits per heavy atom. The molecule has 0 atom stereocenters. The standard InChI is InChI=1S/C20H15ClF3N5O2/c1-29-9-15(20(22,23)24)27-17(29)11-5-6-12(14(8-11)30-2)10-31-18-16-13(4-3-7-25-16)26-19(21)28-18/h3-9H,10H2,1-2H3. The molecule has 160 valence electrons. The highest BCUT2D eigenvalue weighted by atomic mass is 35.5. The number of nitrogens with zero attached hydrogens (tertiary/aromatic N) is 5. The largest absolute Gasteiger partial charge is 0.496 e. The molecule has 0 N–H and O–H groups in total. The molecule has 0 amide bonds. The summed E-state index contributed by atoms with van der Waals surface area (Å²) in [6.07, 6.45) is -2.00. The first kappa shape index (κ1) is 20.9. The third-order valence-corrected chi connectivity index (χ3v) is 4.64. The van der Waals surface area contributed by atoms with E-state index in [2.05, 4.69) is 19.9 Å². The van der Waals surface area contributed by atoms with Crippen LogP contribution in [0.3, 0.4) is 0 Å². The van der Waals surface area contributed by atoms with Crippen molar-refractivity contribution >= 4 is 22.6 Å². The van der Waals surface area contributed by atoms with Gasteiger partial charge in [0.1, 0.15) is 18.2 Å². The molecule has 0 radical (unpaired) electrons. The van der Waals surface area contributed by atoms with E-state index in [9.17, 15) is 13.2 Å². The van der Waals surface area contributed by atoms with E-state index >= 15 is 0 Å². The molecular weight excluding hydrogens is 435 g/mol. The molecule has 0 saturated heterocycles. The van der Waals surface area contributed by atoms with Crippen molar-refractivity contribution in [1.29, 1.82) is 0 Å². The Kier molecular flexibility index (Phi) is 5.40. The molecule has 1 aromatic carbocycles. The van der Waals surface area contributed by atoms with Crippen LogP contribution in [-0.2, 0) is 19.8 Å². The van der Waals surface area contributed by atoms with Gasteiger partial charge in [0.15, 0.2) is 11.2 Å². The summed E-state index contributed by atoms with van der Waals surface area (Å²) in [5.41, 5.74) is 1.15. The number of rotatable bonds is 5. The summed E-state index contributed by atoms with van der Waals surface area (Å²) >= 11 is 5.96. The van der Waals surface area contributed by atoms with Crippen molar-refractivity contribution < 1.29 is 22.6 Å². The molecule has 4 aromatic rings. The lowest BCUT2D eigenvalue weighted by molar-refractivity contribution is -0.140. The molecule has 0 unspecified atom stereocenters. The van der Waals surface area contributed by atoms with Crippen LogP contribution < -0.4 is 9.47 Å². The number of aryl methyl sites for hydroxylation is 1. The van der Waals surface area contributed by atoms with Crippen LogP contribution in [0.15, 0.2) is 42.7 Å². The normalized spacial score (nSPS) is 11.7. The molecule has 0 aliphatic carbocycles. The van der Waals surface area contributed by atoms with Crippen molar-refractivity contribution in [2.45, 2.75) is 12.8 Å². The molecule has 3 aromatic heterocycles. The van der Waals surface area contributed by atoms with Gasteiger partial charge in [-0.25, -0.2) is 15.0 Å². The van der Waals surface area contributed by atoms with Crippen LogP contribution >= 0.6 is 11.6 Å². The SMILES string of the molecule is COc1cc(-c2nc(C(F)(F)F)cn2C)ccc1COc1nc(Cl)nc2cccnc12. The zero-order valence-electron chi connectivity index (χ0n) is 16.3. The lowest BCUT2D eigenvalue weighted by Gasteiger charge is -2.12. The number of benzene rings is 1. The van der Waals surface area contributed by atoms with Crippen molar-refractivity contribution in [1.82, 2.24) is 24.5 Å². The molecule has 0 spiro atoms. The van der Waals surface area contributed by atoms with Gasteiger partial charge >= 0.3 is 6.18 Å². The fraction of sp³-hybridized carbons (Fsp3) is 0.200. The molecule has 0 saturated carbocycles. The number of methoxy groups -OCH3 is 1. The van der Waals surface area contributed by atoms with Crippen LogP contribution in [0, 0.1) is 0 Å². The van der Waals surface area contributed by atoms with Crippen molar-refractivity contribution in [2.24, 2.45) is 7.05 Å². The number of halogens is 4. The molecule has 31 heavy (non-hydrogen) atoms. The molecule has 0 aliphatic heterocycles.